The minimum Gasteiger partial charge on any atom is -0.493 e. The summed E-state index contributed by atoms with van der Waals surface area (Å²) in [5.41, 5.74) is 4.04. The largest absolute Gasteiger partial charge is 0.493 e. The second kappa shape index (κ2) is 8.73. The molecule has 158 valence electrons. The van der Waals surface area contributed by atoms with Gasteiger partial charge in [0.1, 0.15) is 0 Å². The van der Waals surface area contributed by atoms with Gasteiger partial charge in [-0.25, -0.2) is 8.42 Å². The van der Waals surface area contributed by atoms with Crippen LogP contribution in [0, 0.1) is 20.8 Å². The van der Waals surface area contributed by atoms with Gasteiger partial charge < -0.3 is 9.47 Å². The molecule has 1 saturated heterocycles. The zero-order valence-electron chi connectivity index (χ0n) is 17.9. The molecule has 3 rings (SSSR count). The molecule has 29 heavy (non-hydrogen) atoms. The first-order valence-corrected chi connectivity index (χ1v) is 11.2. The number of rotatable bonds is 6. The number of sulfonamides is 1. The van der Waals surface area contributed by atoms with Gasteiger partial charge in [-0.2, -0.15) is 4.31 Å². The van der Waals surface area contributed by atoms with E-state index in [4.69, 9.17) is 9.47 Å². The van der Waals surface area contributed by atoms with E-state index in [9.17, 15) is 8.42 Å². The van der Waals surface area contributed by atoms with Crippen molar-refractivity contribution in [1.29, 1.82) is 0 Å². The van der Waals surface area contributed by atoms with Crippen LogP contribution in [0.1, 0.15) is 22.3 Å². The third kappa shape index (κ3) is 4.57. The van der Waals surface area contributed by atoms with Crippen molar-refractivity contribution in [2.75, 3.05) is 40.4 Å². The molecule has 0 bridgehead atoms. The van der Waals surface area contributed by atoms with E-state index < -0.39 is 10.0 Å². The molecule has 1 aliphatic rings. The number of benzene rings is 2. The first kappa shape index (κ1) is 21.6. The Balaban J connectivity index is 1.70. The summed E-state index contributed by atoms with van der Waals surface area (Å²) >= 11 is 0. The van der Waals surface area contributed by atoms with E-state index in [2.05, 4.69) is 11.8 Å². The molecule has 7 heteroatoms. The standard InChI is InChI=1S/C22H30N2O4S/c1-16-6-7-17(2)22(12-16)29(25,26)24-10-8-23(9-11-24)15-19-14-21(28-5)20(27-4)13-18(19)3/h6-7,12-14H,8-11,15H2,1-5H3. The Labute approximate surface area is 174 Å². The molecule has 1 fully saturated rings. The summed E-state index contributed by atoms with van der Waals surface area (Å²) < 4.78 is 38.6. The molecule has 0 saturated carbocycles. The summed E-state index contributed by atoms with van der Waals surface area (Å²) in [6.45, 7) is 8.94. The lowest BCUT2D eigenvalue weighted by Gasteiger charge is -2.34. The summed E-state index contributed by atoms with van der Waals surface area (Å²) in [4.78, 5) is 2.70. The van der Waals surface area contributed by atoms with Crippen LogP contribution in [-0.2, 0) is 16.6 Å². The Morgan fingerprint density at radius 2 is 1.48 bits per heavy atom. The van der Waals surface area contributed by atoms with Crippen molar-refractivity contribution < 1.29 is 17.9 Å². The summed E-state index contributed by atoms with van der Waals surface area (Å²) in [6, 6.07) is 9.57. The monoisotopic (exact) mass is 418 g/mol. The van der Waals surface area contributed by atoms with Gasteiger partial charge in [0.05, 0.1) is 19.1 Å². The average molecular weight is 419 g/mol. The molecule has 1 heterocycles. The van der Waals surface area contributed by atoms with Gasteiger partial charge in [-0.05, 0) is 61.2 Å². The van der Waals surface area contributed by atoms with Crippen LogP contribution in [-0.4, -0.2) is 58.0 Å². The van der Waals surface area contributed by atoms with Crippen molar-refractivity contribution in [2.45, 2.75) is 32.2 Å². The molecule has 0 atom stereocenters. The fourth-order valence-electron chi connectivity index (χ4n) is 3.69. The number of methoxy groups -OCH3 is 2. The lowest BCUT2D eigenvalue weighted by Crippen LogP contribution is -2.48. The van der Waals surface area contributed by atoms with E-state index >= 15 is 0 Å². The van der Waals surface area contributed by atoms with Gasteiger partial charge in [0.15, 0.2) is 11.5 Å². The predicted molar refractivity (Wildman–Crippen MR) is 114 cm³/mol. The van der Waals surface area contributed by atoms with Crippen LogP contribution in [0.2, 0.25) is 0 Å². The van der Waals surface area contributed by atoms with Gasteiger partial charge in [0, 0.05) is 32.7 Å². The van der Waals surface area contributed by atoms with E-state index in [1.54, 1.807) is 24.6 Å². The lowest BCUT2D eigenvalue weighted by molar-refractivity contribution is 0.181. The molecule has 6 nitrogen and oxygen atoms in total. The molecule has 0 radical (unpaired) electrons. The SMILES string of the molecule is COc1cc(C)c(CN2CCN(S(=O)(=O)c3cc(C)ccc3C)CC2)cc1OC. The highest BCUT2D eigenvalue weighted by molar-refractivity contribution is 7.89. The van der Waals surface area contributed by atoms with Gasteiger partial charge in [0.25, 0.3) is 0 Å². The van der Waals surface area contributed by atoms with E-state index in [-0.39, 0.29) is 0 Å². The van der Waals surface area contributed by atoms with Crippen LogP contribution in [0.25, 0.3) is 0 Å². The maximum atomic E-state index is 13.1. The number of nitrogens with zero attached hydrogens (tertiary/aromatic N) is 2. The summed E-state index contributed by atoms with van der Waals surface area (Å²) in [6.07, 6.45) is 0. The van der Waals surface area contributed by atoms with Gasteiger partial charge in [-0.15, -0.1) is 0 Å². The zero-order chi connectivity index (χ0) is 21.2. The number of ether oxygens (including phenoxy) is 2. The molecular formula is C22H30N2O4S. The summed E-state index contributed by atoms with van der Waals surface area (Å²) in [7, 11) is -0.205. The molecule has 2 aromatic rings. The van der Waals surface area contributed by atoms with Crippen LogP contribution in [0.3, 0.4) is 0 Å². The summed E-state index contributed by atoms with van der Waals surface area (Å²) in [5.74, 6) is 1.43. The average Bonchev–Trinajstić information content (AvgIpc) is 2.71. The Morgan fingerprint density at radius 3 is 2.10 bits per heavy atom. The smallest absolute Gasteiger partial charge is 0.243 e. The minimum atomic E-state index is -3.47. The Kier molecular flexibility index (Phi) is 6.51. The van der Waals surface area contributed by atoms with Crippen molar-refractivity contribution in [3.8, 4) is 11.5 Å². The first-order chi connectivity index (χ1) is 13.8. The lowest BCUT2D eigenvalue weighted by atomic mass is 10.1. The van der Waals surface area contributed by atoms with Crippen LogP contribution in [0.15, 0.2) is 35.2 Å². The topological polar surface area (TPSA) is 59.1 Å². The van der Waals surface area contributed by atoms with Crippen molar-refractivity contribution >= 4 is 10.0 Å². The molecular weight excluding hydrogens is 388 g/mol. The molecule has 0 amide bonds. The Hall–Kier alpha value is -2.09. The van der Waals surface area contributed by atoms with E-state index in [0.29, 0.717) is 36.8 Å². The second-order valence-electron chi connectivity index (χ2n) is 7.58. The van der Waals surface area contributed by atoms with Crippen molar-refractivity contribution in [2.24, 2.45) is 0 Å². The maximum Gasteiger partial charge on any atom is 0.243 e. The van der Waals surface area contributed by atoms with Gasteiger partial charge in [-0.3, -0.25) is 4.90 Å². The molecule has 0 spiro atoms. The first-order valence-electron chi connectivity index (χ1n) is 9.77. The predicted octanol–water partition coefficient (Wildman–Crippen LogP) is 3.14. The molecule has 0 unspecified atom stereocenters. The Morgan fingerprint density at radius 1 is 0.862 bits per heavy atom. The van der Waals surface area contributed by atoms with Gasteiger partial charge >= 0.3 is 0 Å². The molecule has 0 N–H and O–H groups in total. The third-order valence-corrected chi connectivity index (χ3v) is 7.57. The van der Waals surface area contributed by atoms with Crippen molar-refractivity contribution in [3.05, 3.63) is 52.6 Å². The maximum absolute atomic E-state index is 13.1. The quantitative estimate of drug-likeness (QED) is 0.721. The molecule has 1 aliphatic heterocycles. The summed E-state index contributed by atoms with van der Waals surface area (Å²) in [5, 5.41) is 0. The van der Waals surface area contributed by atoms with Crippen molar-refractivity contribution in [3.63, 3.8) is 0 Å². The van der Waals surface area contributed by atoms with Crippen LogP contribution >= 0.6 is 0 Å². The number of hydrogen-bond donors (Lipinski definition) is 0. The molecule has 2 aromatic carbocycles. The number of aryl methyl sites for hydroxylation is 3. The van der Waals surface area contributed by atoms with E-state index in [1.165, 1.54) is 0 Å². The molecule has 0 aromatic heterocycles. The third-order valence-electron chi connectivity index (χ3n) is 5.53. The normalized spacial score (nSPS) is 16.0. The fourth-order valence-corrected chi connectivity index (χ4v) is 5.42. The molecule has 0 aliphatic carbocycles. The van der Waals surface area contributed by atoms with Gasteiger partial charge in [-0.1, -0.05) is 12.1 Å². The van der Waals surface area contributed by atoms with Crippen LogP contribution < -0.4 is 9.47 Å². The van der Waals surface area contributed by atoms with E-state index in [0.717, 1.165) is 34.5 Å². The highest BCUT2D eigenvalue weighted by Crippen LogP contribution is 2.31. The highest BCUT2D eigenvalue weighted by Gasteiger charge is 2.29. The Bertz CT molecular complexity index is 981. The van der Waals surface area contributed by atoms with Crippen LogP contribution in [0.4, 0.5) is 0 Å². The van der Waals surface area contributed by atoms with Crippen molar-refractivity contribution in [1.82, 2.24) is 9.21 Å². The van der Waals surface area contributed by atoms with Crippen LogP contribution in [0.5, 0.6) is 11.5 Å². The minimum absolute atomic E-state index is 0.418. The number of piperazine rings is 1. The second-order valence-corrected chi connectivity index (χ2v) is 9.49. The fraction of sp³-hybridized carbons (Fsp3) is 0.455. The number of hydrogen-bond acceptors (Lipinski definition) is 5. The zero-order valence-corrected chi connectivity index (χ0v) is 18.7. The highest BCUT2D eigenvalue weighted by atomic mass is 32.2. The van der Waals surface area contributed by atoms with Gasteiger partial charge in [0.2, 0.25) is 10.0 Å². The van der Waals surface area contributed by atoms with E-state index in [1.807, 2.05) is 38.1 Å².